The van der Waals surface area contributed by atoms with Crippen LogP contribution in [0.3, 0.4) is 0 Å². The Kier molecular flexibility index (Phi) is 6.79. The van der Waals surface area contributed by atoms with E-state index in [2.05, 4.69) is 10.0 Å². The molecule has 1 aliphatic heterocycles. The molecule has 3 aromatic carbocycles. The molecule has 1 unspecified atom stereocenters. The molecular formula is C26H27N3O5S. The highest BCUT2D eigenvalue weighted by atomic mass is 32.2. The lowest BCUT2D eigenvalue weighted by atomic mass is 10.1. The van der Waals surface area contributed by atoms with Crippen molar-refractivity contribution in [2.24, 2.45) is 0 Å². The predicted octanol–water partition coefficient (Wildman–Crippen LogP) is 4.25. The predicted molar refractivity (Wildman–Crippen MR) is 135 cm³/mol. The molecule has 0 saturated carbocycles. The largest absolute Gasteiger partial charge is 0.479 e. The molecule has 0 spiro atoms. The van der Waals surface area contributed by atoms with Crippen LogP contribution in [-0.4, -0.2) is 32.9 Å². The fourth-order valence-electron chi connectivity index (χ4n) is 3.91. The average Bonchev–Trinajstić information content (AvgIpc) is 2.82. The van der Waals surface area contributed by atoms with Gasteiger partial charge in [-0.05, 0) is 68.3 Å². The molecule has 0 bridgehead atoms. The van der Waals surface area contributed by atoms with Crippen molar-refractivity contribution in [1.82, 2.24) is 0 Å². The molecule has 2 N–H and O–H groups in total. The first-order valence-electron chi connectivity index (χ1n) is 11.2. The monoisotopic (exact) mass is 493 g/mol. The Morgan fingerprint density at radius 1 is 0.971 bits per heavy atom. The molecule has 0 saturated heterocycles. The van der Waals surface area contributed by atoms with Crippen LogP contribution in [0.2, 0.25) is 0 Å². The van der Waals surface area contributed by atoms with Gasteiger partial charge < -0.3 is 15.0 Å². The molecule has 4 rings (SSSR count). The summed E-state index contributed by atoms with van der Waals surface area (Å²) in [4.78, 5) is 26.8. The van der Waals surface area contributed by atoms with Gasteiger partial charge in [0, 0.05) is 18.7 Å². The quantitative estimate of drug-likeness (QED) is 0.512. The van der Waals surface area contributed by atoms with Crippen molar-refractivity contribution in [3.63, 3.8) is 0 Å². The number of nitrogens with zero attached hydrogens (tertiary/aromatic N) is 1. The van der Waals surface area contributed by atoms with E-state index in [1.165, 1.54) is 24.3 Å². The number of rotatable bonds is 7. The van der Waals surface area contributed by atoms with E-state index in [1.54, 1.807) is 24.0 Å². The normalized spacial score (nSPS) is 15.2. The summed E-state index contributed by atoms with van der Waals surface area (Å²) in [6.07, 6.45) is -0.555. The Hall–Kier alpha value is -3.85. The van der Waals surface area contributed by atoms with Gasteiger partial charge in [-0.15, -0.1) is 0 Å². The van der Waals surface area contributed by atoms with Gasteiger partial charge in [-0.1, -0.05) is 30.3 Å². The first kappa shape index (κ1) is 24.3. The minimum Gasteiger partial charge on any atom is -0.479 e. The van der Waals surface area contributed by atoms with Crippen molar-refractivity contribution in [3.05, 3.63) is 77.9 Å². The van der Waals surface area contributed by atoms with E-state index in [1.807, 2.05) is 44.2 Å². The van der Waals surface area contributed by atoms with Crippen molar-refractivity contribution in [3.8, 4) is 5.75 Å². The lowest BCUT2D eigenvalue weighted by Crippen LogP contribution is -2.45. The molecule has 1 atom stereocenters. The van der Waals surface area contributed by atoms with Gasteiger partial charge in [0.1, 0.15) is 5.75 Å². The number of amides is 2. The Morgan fingerprint density at radius 2 is 1.63 bits per heavy atom. The second-order valence-corrected chi connectivity index (χ2v) is 10.1. The number of sulfonamides is 1. The second kappa shape index (κ2) is 9.79. The average molecular weight is 494 g/mol. The number of anilines is 3. The number of para-hydroxylation sites is 3. The molecule has 3 aromatic rings. The zero-order valence-electron chi connectivity index (χ0n) is 19.7. The first-order valence-corrected chi connectivity index (χ1v) is 12.7. The van der Waals surface area contributed by atoms with Crippen LogP contribution >= 0.6 is 0 Å². The van der Waals surface area contributed by atoms with Gasteiger partial charge in [0.2, 0.25) is 5.91 Å². The summed E-state index contributed by atoms with van der Waals surface area (Å²) in [5.41, 5.74) is 3.30. The topological polar surface area (TPSA) is 105 Å². The lowest BCUT2D eigenvalue weighted by molar-refractivity contribution is -0.125. The lowest BCUT2D eigenvalue weighted by Gasteiger charge is -2.32. The van der Waals surface area contributed by atoms with E-state index in [-0.39, 0.29) is 29.7 Å². The number of aryl methyl sites for hydroxylation is 2. The van der Waals surface area contributed by atoms with Crippen molar-refractivity contribution < 1.29 is 22.7 Å². The summed E-state index contributed by atoms with van der Waals surface area (Å²) in [5.74, 6) is 0.104. The van der Waals surface area contributed by atoms with Crippen LogP contribution in [0.1, 0.15) is 24.5 Å². The van der Waals surface area contributed by atoms with Gasteiger partial charge in [-0.25, -0.2) is 8.42 Å². The Balaban J connectivity index is 1.39. The van der Waals surface area contributed by atoms with Crippen LogP contribution in [0.4, 0.5) is 17.1 Å². The minimum atomic E-state index is -3.79. The molecule has 0 aliphatic carbocycles. The maximum Gasteiger partial charge on any atom is 0.267 e. The maximum absolute atomic E-state index is 12.8. The molecule has 2 amide bonds. The maximum atomic E-state index is 12.8. The smallest absolute Gasteiger partial charge is 0.267 e. The van der Waals surface area contributed by atoms with Crippen LogP contribution in [0.25, 0.3) is 0 Å². The van der Waals surface area contributed by atoms with E-state index < -0.39 is 16.1 Å². The number of ether oxygens (including phenoxy) is 1. The third-order valence-corrected chi connectivity index (χ3v) is 7.17. The third-order valence-electron chi connectivity index (χ3n) is 5.80. The third kappa shape index (κ3) is 5.30. The molecule has 0 aromatic heterocycles. The van der Waals surface area contributed by atoms with Crippen molar-refractivity contribution in [2.45, 2.75) is 38.2 Å². The fraction of sp³-hybridized carbons (Fsp3) is 0.231. The number of fused-ring (bicyclic) bond motifs is 1. The summed E-state index contributed by atoms with van der Waals surface area (Å²) in [5, 5.41) is 2.75. The Bertz CT molecular complexity index is 1350. The first-order chi connectivity index (χ1) is 16.7. The van der Waals surface area contributed by atoms with Gasteiger partial charge in [-0.3, -0.25) is 14.3 Å². The number of hydrogen-bond acceptors (Lipinski definition) is 5. The van der Waals surface area contributed by atoms with Crippen molar-refractivity contribution >= 4 is 38.9 Å². The minimum absolute atomic E-state index is 0.0704. The summed E-state index contributed by atoms with van der Waals surface area (Å²) >= 11 is 0. The highest BCUT2D eigenvalue weighted by Crippen LogP contribution is 2.33. The standard InChI is InChI=1S/C26H27N3O5S/c1-17-7-6-8-18(2)25(17)28-35(32,33)21-13-11-20(12-14-21)27-24(30)15-16-29-22-9-4-5-10-23(22)34-19(3)26(29)31/h4-14,19,28H,15-16H2,1-3H3,(H,27,30). The molecule has 1 aliphatic rings. The van der Waals surface area contributed by atoms with Crippen LogP contribution in [0, 0.1) is 13.8 Å². The summed E-state index contributed by atoms with van der Waals surface area (Å²) < 4.78 is 33.9. The van der Waals surface area contributed by atoms with Gasteiger partial charge in [0.05, 0.1) is 16.3 Å². The molecular weight excluding hydrogens is 466 g/mol. The van der Waals surface area contributed by atoms with E-state index in [0.717, 1.165) is 11.1 Å². The molecule has 9 heteroatoms. The summed E-state index contributed by atoms with van der Waals surface area (Å²) in [7, 11) is -3.79. The number of carbonyl (C=O) groups excluding carboxylic acids is 2. The molecule has 8 nitrogen and oxygen atoms in total. The van der Waals surface area contributed by atoms with E-state index >= 15 is 0 Å². The number of benzene rings is 3. The van der Waals surface area contributed by atoms with E-state index in [9.17, 15) is 18.0 Å². The van der Waals surface area contributed by atoms with Crippen molar-refractivity contribution in [1.29, 1.82) is 0 Å². The molecule has 1 heterocycles. The zero-order chi connectivity index (χ0) is 25.2. The summed E-state index contributed by atoms with van der Waals surface area (Å²) in [6, 6.07) is 18.7. The van der Waals surface area contributed by atoms with Gasteiger partial charge >= 0.3 is 0 Å². The SMILES string of the molecule is Cc1cccc(C)c1NS(=O)(=O)c1ccc(NC(=O)CCN2C(=O)C(C)Oc3ccccc32)cc1. The van der Waals surface area contributed by atoms with Crippen LogP contribution < -0.4 is 19.7 Å². The molecule has 182 valence electrons. The van der Waals surface area contributed by atoms with Gasteiger partial charge in [0.15, 0.2) is 6.10 Å². The fourth-order valence-corrected chi connectivity index (χ4v) is 5.12. The number of carbonyl (C=O) groups is 2. The van der Waals surface area contributed by atoms with Crippen LogP contribution in [0.5, 0.6) is 5.75 Å². The molecule has 35 heavy (non-hydrogen) atoms. The Labute approximate surface area is 205 Å². The zero-order valence-corrected chi connectivity index (χ0v) is 20.6. The second-order valence-electron chi connectivity index (χ2n) is 8.41. The van der Waals surface area contributed by atoms with Crippen LogP contribution in [-0.2, 0) is 19.6 Å². The highest BCUT2D eigenvalue weighted by molar-refractivity contribution is 7.92. The summed E-state index contributed by atoms with van der Waals surface area (Å²) in [6.45, 7) is 5.55. The molecule has 0 radical (unpaired) electrons. The highest BCUT2D eigenvalue weighted by Gasteiger charge is 2.31. The van der Waals surface area contributed by atoms with Gasteiger partial charge in [0.25, 0.3) is 15.9 Å². The van der Waals surface area contributed by atoms with E-state index in [4.69, 9.17) is 4.74 Å². The Morgan fingerprint density at radius 3 is 2.31 bits per heavy atom. The van der Waals surface area contributed by atoms with E-state index in [0.29, 0.717) is 22.8 Å². The number of hydrogen-bond donors (Lipinski definition) is 2. The molecule has 0 fully saturated rings. The van der Waals surface area contributed by atoms with Crippen molar-refractivity contribution in [2.75, 3.05) is 21.5 Å². The number of nitrogens with one attached hydrogen (secondary N) is 2. The van der Waals surface area contributed by atoms with Gasteiger partial charge in [-0.2, -0.15) is 0 Å². The van der Waals surface area contributed by atoms with Crippen LogP contribution in [0.15, 0.2) is 71.6 Å².